The molecule has 2 aliphatic rings. The van der Waals surface area contributed by atoms with Crippen molar-refractivity contribution in [1.82, 2.24) is 0 Å². The lowest BCUT2D eigenvalue weighted by molar-refractivity contribution is -0.152. The molecule has 0 radical (unpaired) electrons. The normalized spacial score (nSPS) is 44.3. The van der Waals surface area contributed by atoms with E-state index in [-0.39, 0.29) is 12.2 Å². The monoisotopic (exact) mass is 170 g/mol. The zero-order chi connectivity index (χ0) is 8.93. The van der Waals surface area contributed by atoms with Crippen LogP contribution < -0.4 is 0 Å². The van der Waals surface area contributed by atoms with Gasteiger partial charge in [0.15, 0.2) is 5.79 Å². The Morgan fingerprint density at radius 2 is 2.08 bits per heavy atom. The molecule has 1 saturated heterocycles. The van der Waals surface area contributed by atoms with Gasteiger partial charge in [-0.2, -0.15) is 0 Å². The van der Waals surface area contributed by atoms with Crippen molar-refractivity contribution in [3.63, 3.8) is 0 Å². The van der Waals surface area contributed by atoms with Crippen molar-refractivity contribution >= 4 is 0 Å². The molecule has 1 fully saturated rings. The van der Waals surface area contributed by atoms with Crippen molar-refractivity contribution in [2.75, 3.05) is 0 Å². The Bertz CT molecular complexity index is 232. The van der Waals surface area contributed by atoms with E-state index in [4.69, 9.17) is 9.47 Å². The molecule has 3 nitrogen and oxygen atoms in total. The van der Waals surface area contributed by atoms with Crippen LogP contribution in [0.2, 0.25) is 0 Å². The third kappa shape index (κ3) is 1.09. The summed E-state index contributed by atoms with van der Waals surface area (Å²) in [6, 6.07) is 0. The summed E-state index contributed by atoms with van der Waals surface area (Å²) in [6.45, 7) is 5.69. The van der Waals surface area contributed by atoms with E-state index in [1.54, 1.807) is 6.08 Å². The fourth-order valence-corrected chi connectivity index (χ4v) is 1.85. The first-order chi connectivity index (χ1) is 5.49. The van der Waals surface area contributed by atoms with Gasteiger partial charge in [-0.1, -0.05) is 6.08 Å². The second-order valence-electron chi connectivity index (χ2n) is 3.92. The molecule has 1 heterocycles. The summed E-state index contributed by atoms with van der Waals surface area (Å²) in [4.78, 5) is 0. The van der Waals surface area contributed by atoms with Crippen molar-refractivity contribution in [2.45, 2.75) is 44.9 Å². The van der Waals surface area contributed by atoms with E-state index in [9.17, 15) is 5.11 Å². The van der Waals surface area contributed by atoms with E-state index in [0.29, 0.717) is 0 Å². The molecule has 0 aromatic carbocycles. The fourth-order valence-electron chi connectivity index (χ4n) is 1.85. The highest BCUT2D eigenvalue weighted by Crippen LogP contribution is 2.37. The standard InChI is InChI=1S/C9H14O3/c1-5-4-6(10)8-7(5)11-9(2,3)12-8/h4,6-8,10H,1-3H3/t6-,7+,8-/m0/s1. The highest BCUT2D eigenvalue weighted by Gasteiger charge is 2.48. The maximum absolute atomic E-state index is 9.52. The van der Waals surface area contributed by atoms with E-state index in [2.05, 4.69) is 0 Å². The molecule has 0 amide bonds. The van der Waals surface area contributed by atoms with E-state index in [1.165, 1.54) is 0 Å². The van der Waals surface area contributed by atoms with Gasteiger partial charge in [0.2, 0.25) is 0 Å². The topological polar surface area (TPSA) is 38.7 Å². The Kier molecular flexibility index (Phi) is 1.59. The molecular weight excluding hydrogens is 156 g/mol. The van der Waals surface area contributed by atoms with Gasteiger partial charge in [0.05, 0.1) is 0 Å². The maximum Gasteiger partial charge on any atom is 0.164 e. The predicted octanol–water partition coefficient (Wildman–Crippen LogP) is 0.827. The average molecular weight is 170 g/mol. The SMILES string of the molecule is CC1=C[C@H](O)[C@@H]2OC(C)(C)O[C@H]12. The number of fused-ring (bicyclic) bond motifs is 1. The van der Waals surface area contributed by atoms with Crippen LogP contribution in [0, 0.1) is 0 Å². The summed E-state index contributed by atoms with van der Waals surface area (Å²) >= 11 is 0. The Hall–Kier alpha value is -0.380. The van der Waals surface area contributed by atoms with Crippen LogP contribution in [-0.4, -0.2) is 29.2 Å². The summed E-state index contributed by atoms with van der Waals surface area (Å²) in [5.74, 6) is -0.550. The van der Waals surface area contributed by atoms with Crippen LogP contribution in [0.5, 0.6) is 0 Å². The molecule has 1 N–H and O–H groups in total. The second-order valence-corrected chi connectivity index (χ2v) is 3.92. The van der Waals surface area contributed by atoms with E-state index in [0.717, 1.165) is 5.57 Å². The molecule has 68 valence electrons. The zero-order valence-electron chi connectivity index (χ0n) is 7.57. The molecule has 0 aromatic rings. The molecule has 3 heteroatoms. The van der Waals surface area contributed by atoms with Gasteiger partial charge in [-0.05, 0) is 26.3 Å². The number of aliphatic hydroxyl groups is 1. The zero-order valence-corrected chi connectivity index (χ0v) is 7.57. The fraction of sp³-hybridized carbons (Fsp3) is 0.778. The molecule has 2 rings (SSSR count). The Morgan fingerprint density at radius 1 is 1.42 bits per heavy atom. The largest absolute Gasteiger partial charge is 0.386 e. The molecule has 0 saturated carbocycles. The minimum Gasteiger partial charge on any atom is -0.386 e. The second kappa shape index (κ2) is 2.31. The van der Waals surface area contributed by atoms with Gasteiger partial charge in [0, 0.05) is 0 Å². The van der Waals surface area contributed by atoms with Crippen molar-refractivity contribution in [2.24, 2.45) is 0 Å². The highest BCUT2D eigenvalue weighted by atomic mass is 16.8. The van der Waals surface area contributed by atoms with Crippen LogP contribution >= 0.6 is 0 Å². The Morgan fingerprint density at radius 3 is 2.67 bits per heavy atom. The number of aliphatic hydroxyl groups excluding tert-OH is 1. The Balaban J connectivity index is 2.21. The van der Waals surface area contributed by atoms with Crippen LogP contribution in [0.1, 0.15) is 20.8 Å². The summed E-state index contributed by atoms with van der Waals surface area (Å²) in [7, 11) is 0. The van der Waals surface area contributed by atoms with Gasteiger partial charge >= 0.3 is 0 Å². The summed E-state index contributed by atoms with van der Waals surface area (Å²) in [6.07, 6.45) is 1.05. The van der Waals surface area contributed by atoms with Crippen LogP contribution in [-0.2, 0) is 9.47 Å². The van der Waals surface area contributed by atoms with Crippen LogP contribution in [0.15, 0.2) is 11.6 Å². The Labute approximate surface area is 72.0 Å². The minimum absolute atomic E-state index is 0.0463. The van der Waals surface area contributed by atoms with E-state index in [1.807, 2.05) is 20.8 Å². The van der Waals surface area contributed by atoms with Gasteiger partial charge in [-0.25, -0.2) is 0 Å². The van der Waals surface area contributed by atoms with Gasteiger partial charge in [-0.15, -0.1) is 0 Å². The van der Waals surface area contributed by atoms with Crippen molar-refractivity contribution in [1.29, 1.82) is 0 Å². The molecule has 1 aliphatic carbocycles. The predicted molar refractivity (Wildman–Crippen MR) is 43.6 cm³/mol. The first-order valence-electron chi connectivity index (χ1n) is 4.22. The average Bonchev–Trinajstić information content (AvgIpc) is 2.34. The highest BCUT2D eigenvalue weighted by molar-refractivity contribution is 5.22. The van der Waals surface area contributed by atoms with E-state index >= 15 is 0 Å². The first kappa shape index (κ1) is 8.23. The van der Waals surface area contributed by atoms with Gasteiger partial charge in [-0.3, -0.25) is 0 Å². The van der Waals surface area contributed by atoms with Gasteiger partial charge < -0.3 is 14.6 Å². The van der Waals surface area contributed by atoms with Crippen LogP contribution in [0.25, 0.3) is 0 Å². The quantitative estimate of drug-likeness (QED) is 0.547. The molecule has 1 aliphatic heterocycles. The number of ether oxygens (including phenoxy) is 2. The van der Waals surface area contributed by atoms with Crippen LogP contribution in [0.4, 0.5) is 0 Å². The third-order valence-electron chi connectivity index (χ3n) is 2.35. The maximum atomic E-state index is 9.52. The molecule has 0 bridgehead atoms. The smallest absolute Gasteiger partial charge is 0.164 e. The summed E-state index contributed by atoms with van der Waals surface area (Å²) in [5, 5.41) is 9.52. The number of rotatable bonds is 0. The third-order valence-corrected chi connectivity index (χ3v) is 2.35. The lowest BCUT2D eigenvalue weighted by Gasteiger charge is -2.18. The molecule has 0 unspecified atom stereocenters. The van der Waals surface area contributed by atoms with Crippen molar-refractivity contribution < 1.29 is 14.6 Å². The molecule has 12 heavy (non-hydrogen) atoms. The summed E-state index contributed by atoms with van der Waals surface area (Å²) < 4.78 is 11.1. The van der Waals surface area contributed by atoms with E-state index < -0.39 is 11.9 Å². The molecular formula is C9H14O3. The molecule has 0 spiro atoms. The first-order valence-corrected chi connectivity index (χ1v) is 4.22. The van der Waals surface area contributed by atoms with Gasteiger partial charge in [0.25, 0.3) is 0 Å². The lowest BCUT2D eigenvalue weighted by atomic mass is 10.2. The van der Waals surface area contributed by atoms with Gasteiger partial charge in [0.1, 0.15) is 18.3 Å². The molecule has 3 atom stereocenters. The van der Waals surface area contributed by atoms with Crippen molar-refractivity contribution in [3.05, 3.63) is 11.6 Å². The lowest BCUT2D eigenvalue weighted by Crippen LogP contribution is -2.28. The van der Waals surface area contributed by atoms with Crippen LogP contribution in [0.3, 0.4) is 0 Å². The minimum atomic E-state index is -0.550. The number of hydrogen-bond acceptors (Lipinski definition) is 3. The molecule has 0 aromatic heterocycles. The van der Waals surface area contributed by atoms with Crippen molar-refractivity contribution in [3.8, 4) is 0 Å². The summed E-state index contributed by atoms with van der Waals surface area (Å²) in [5.41, 5.74) is 1.07. The number of hydrogen-bond donors (Lipinski definition) is 1.